The zero-order chi connectivity index (χ0) is 14.5. The van der Waals surface area contributed by atoms with Crippen LogP contribution in [0.1, 0.15) is 26.0 Å². The summed E-state index contributed by atoms with van der Waals surface area (Å²) in [5.74, 6) is -0.332. The summed E-state index contributed by atoms with van der Waals surface area (Å²) in [5, 5.41) is 5.24. The van der Waals surface area contributed by atoms with Gasteiger partial charge in [-0.25, -0.2) is 9.97 Å². The Labute approximate surface area is 108 Å². The van der Waals surface area contributed by atoms with Crippen molar-refractivity contribution in [2.24, 2.45) is 0 Å². The van der Waals surface area contributed by atoms with Gasteiger partial charge in [-0.15, -0.1) is 0 Å². The van der Waals surface area contributed by atoms with Crippen molar-refractivity contribution in [3.63, 3.8) is 0 Å². The van der Waals surface area contributed by atoms with E-state index in [0.29, 0.717) is 0 Å². The summed E-state index contributed by atoms with van der Waals surface area (Å²) in [4.78, 5) is 18.3. The van der Waals surface area contributed by atoms with Gasteiger partial charge in [0.2, 0.25) is 11.9 Å². The molecule has 0 aliphatic rings. The minimum Gasteiger partial charge on any atom is -0.354 e. The number of rotatable bonds is 5. The van der Waals surface area contributed by atoms with Crippen LogP contribution in [0, 0.1) is 0 Å². The van der Waals surface area contributed by atoms with Crippen molar-refractivity contribution in [2.45, 2.75) is 32.5 Å². The maximum absolute atomic E-state index is 12.4. The van der Waals surface area contributed by atoms with Crippen LogP contribution in [-0.4, -0.2) is 28.5 Å². The molecule has 0 radical (unpaired) electrons. The van der Waals surface area contributed by atoms with Crippen LogP contribution in [0.3, 0.4) is 0 Å². The Balaban J connectivity index is 2.48. The first-order valence-electron chi connectivity index (χ1n) is 5.72. The van der Waals surface area contributed by atoms with Crippen molar-refractivity contribution in [2.75, 3.05) is 11.9 Å². The van der Waals surface area contributed by atoms with Gasteiger partial charge in [-0.3, -0.25) is 4.79 Å². The van der Waals surface area contributed by atoms with Gasteiger partial charge in [0, 0.05) is 25.2 Å². The normalized spacial score (nSPS) is 11.5. The lowest BCUT2D eigenvalue weighted by Crippen LogP contribution is -2.31. The summed E-state index contributed by atoms with van der Waals surface area (Å²) in [7, 11) is 0. The SMILES string of the molecule is CC(C)NC(=O)CCNc1nccc(C(F)(F)F)n1. The van der Waals surface area contributed by atoms with E-state index in [0.717, 1.165) is 12.3 Å². The van der Waals surface area contributed by atoms with E-state index < -0.39 is 11.9 Å². The first kappa shape index (κ1) is 15.2. The lowest BCUT2D eigenvalue weighted by atomic mass is 10.3. The van der Waals surface area contributed by atoms with E-state index in [1.165, 1.54) is 0 Å². The van der Waals surface area contributed by atoms with Gasteiger partial charge in [0.25, 0.3) is 0 Å². The van der Waals surface area contributed by atoms with Gasteiger partial charge in [0.05, 0.1) is 0 Å². The smallest absolute Gasteiger partial charge is 0.354 e. The number of aromatic nitrogens is 2. The molecular weight excluding hydrogens is 261 g/mol. The van der Waals surface area contributed by atoms with Crippen LogP contribution in [-0.2, 0) is 11.0 Å². The molecule has 0 aliphatic heterocycles. The van der Waals surface area contributed by atoms with Crippen molar-refractivity contribution in [1.29, 1.82) is 0 Å². The molecule has 19 heavy (non-hydrogen) atoms. The van der Waals surface area contributed by atoms with Gasteiger partial charge in [-0.1, -0.05) is 0 Å². The Morgan fingerprint density at radius 1 is 1.42 bits per heavy atom. The number of nitrogens with one attached hydrogen (secondary N) is 2. The molecule has 1 aromatic rings. The molecule has 2 N–H and O–H groups in total. The molecule has 1 aromatic heterocycles. The minimum absolute atomic E-state index is 0.0253. The van der Waals surface area contributed by atoms with Crippen LogP contribution in [0.4, 0.5) is 19.1 Å². The summed E-state index contributed by atoms with van der Waals surface area (Å²) < 4.78 is 37.1. The molecule has 0 spiro atoms. The predicted octanol–water partition coefficient (Wildman–Crippen LogP) is 1.82. The molecule has 1 heterocycles. The van der Waals surface area contributed by atoms with Gasteiger partial charge in [-0.05, 0) is 19.9 Å². The fourth-order valence-electron chi connectivity index (χ4n) is 1.28. The van der Waals surface area contributed by atoms with E-state index in [2.05, 4.69) is 20.6 Å². The quantitative estimate of drug-likeness (QED) is 0.861. The number of anilines is 1. The Hall–Kier alpha value is -1.86. The fourth-order valence-corrected chi connectivity index (χ4v) is 1.28. The first-order valence-corrected chi connectivity index (χ1v) is 5.72. The van der Waals surface area contributed by atoms with Gasteiger partial charge < -0.3 is 10.6 Å². The predicted molar refractivity (Wildman–Crippen MR) is 63.4 cm³/mol. The number of carbonyl (C=O) groups is 1. The van der Waals surface area contributed by atoms with E-state index in [4.69, 9.17) is 0 Å². The van der Waals surface area contributed by atoms with Gasteiger partial charge >= 0.3 is 6.18 Å². The number of hydrogen-bond donors (Lipinski definition) is 2. The Morgan fingerprint density at radius 3 is 2.68 bits per heavy atom. The highest BCUT2D eigenvalue weighted by Crippen LogP contribution is 2.27. The maximum Gasteiger partial charge on any atom is 0.433 e. The van der Waals surface area contributed by atoms with Crippen LogP contribution in [0.25, 0.3) is 0 Å². The van der Waals surface area contributed by atoms with E-state index in [9.17, 15) is 18.0 Å². The third-order valence-electron chi connectivity index (χ3n) is 2.03. The zero-order valence-corrected chi connectivity index (χ0v) is 10.6. The lowest BCUT2D eigenvalue weighted by molar-refractivity contribution is -0.141. The molecule has 1 amide bonds. The average molecular weight is 276 g/mol. The zero-order valence-electron chi connectivity index (χ0n) is 10.6. The molecule has 0 aliphatic carbocycles. The third kappa shape index (κ3) is 5.54. The van der Waals surface area contributed by atoms with Crippen LogP contribution < -0.4 is 10.6 Å². The highest BCUT2D eigenvalue weighted by Gasteiger charge is 2.32. The molecule has 8 heteroatoms. The maximum atomic E-state index is 12.4. The van der Waals surface area contributed by atoms with Crippen molar-refractivity contribution in [3.8, 4) is 0 Å². The Bertz CT molecular complexity index is 434. The van der Waals surface area contributed by atoms with Crippen LogP contribution in [0.15, 0.2) is 12.3 Å². The largest absolute Gasteiger partial charge is 0.433 e. The number of nitrogens with zero attached hydrogens (tertiary/aromatic N) is 2. The first-order chi connectivity index (χ1) is 8.79. The molecule has 0 saturated heterocycles. The molecule has 5 nitrogen and oxygen atoms in total. The summed E-state index contributed by atoms with van der Waals surface area (Å²) >= 11 is 0. The van der Waals surface area contributed by atoms with Crippen molar-refractivity contribution >= 4 is 11.9 Å². The Morgan fingerprint density at radius 2 is 2.11 bits per heavy atom. The topological polar surface area (TPSA) is 66.9 Å². The monoisotopic (exact) mass is 276 g/mol. The molecule has 0 aromatic carbocycles. The number of halogens is 3. The number of amides is 1. The van der Waals surface area contributed by atoms with Crippen molar-refractivity contribution in [3.05, 3.63) is 18.0 Å². The van der Waals surface area contributed by atoms with Gasteiger partial charge in [-0.2, -0.15) is 13.2 Å². The summed E-state index contributed by atoms with van der Waals surface area (Å²) in [6.07, 6.45) is -3.35. The second-order valence-electron chi connectivity index (χ2n) is 4.16. The van der Waals surface area contributed by atoms with Crippen LogP contribution in [0.5, 0.6) is 0 Å². The summed E-state index contributed by atoms with van der Waals surface area (Å²) in [5.41, 5.74) is -1.02. The van der Waals surface area contributed by atoms with E-state index >= 15 is 0 Å². The standard InChI is InChI=1S/C11H15F3N4O/c1-7(2)17-9(19)4-6-16-10-15-5-3-8(18-10)11(12,13)14/h3,5,7H,4,6H2,1-2H3,(H,17,19)(H,15,16,18). The number of carbonyl (C=O) groups excluding carboxylic acids is 1. The molecule has 0 bridgehead atoms. The number of hydrogen-bond acceptors (Lipinski definition) is 4. The molecule has 0 unspecified atom stereocenters. The van der Waals surface area contributed by atoms with E-state index in [1.54, 1.807) is 0 Å². The molecule has 106 valence electrons. The molecule has 0 saturated carbocycles. The summed E-state index contributed by atoms with van der Waals surface area (Å²) in [6.45, 7) is 3.81. The molecular formula is C11H15F3N4O. The highest BCUT2D eigenvalue weighted by molar-refractivity contribution is 5.76. The summed E-state index contributed by atoms with van der Waals surface area (Å²) in [6, 6.07) is 0.814. The third-order valence-corrected chi connectivity index (χ3v) is 2.03. The van der Waals surface area contributed by atoms with Gasteiger partial charge in [0.1, 0.15) is 5.69 Å². The second-order valence-corrected chi connectivity index (χ2v) is 4.16. The number of alkyl halides is 3. The van der Waals surface area contributed by atoms with Gasteiger partial charge in [0.15, 0.2) is 0 Å². The molecule has 0 fully saturated rings. The molecule has 1 rings (SSSR count). The fraction of sp³-hybridized carbons (Fsp3) is 0.545. The minimum atomic E-state index is -4.51. The lowest BCUT2D eigenvalue weighted by Gasteiger charge is -2.10. The van der Waals surface area contributed by atoms with Crippen molar-refractivity contribution < 1.29 is 18.0 Å². The van der Waals surface area contributed by atoms with Crippen LogP contribution in [0.2, 0.25) is 0 Å². The van der Waals surface area contributed by atoms with Crippen LogP contribution >= 0.6 is 0 Å². The van der Waals surface area contributed by atoms with Crippen molar-refractivity contribution in [1.82, 2.24) is 15.3 Å². The highest BCUT2D eigenvalue weighted by atomic mass is 19.4. The van der Waals surface area contributed by atoms with E-state index in [-0.39, 0.29) is 30.9 Å². The Kier molecular flexibility index (Phi) is 5.08. The average Bonchev–Trinajstić information content (AvgIpc) is 2.27. The molecule has 0 atom stereocenters. The van der Waals surface area contributed by atoms with E-state index in [1.807, 2.05) is 13.8 Å². The second kappa shape index (κ2) is 6.35.